The second-order valence-corrected chi connectivity index (χ2v) is 4.97. The number of hydrogen-bond acceptors (Lipinski definition) is 1. The van der Waals surface area contributed by atoms with Crippen LogP contribution in [0.15, 0.2) is 18.2 Å². The average molecular weight is 330 g/mol. The lowest BCUT2D eigenvalue weighted by molar-refractivity contribution is -0.141. The van der Waals surface area contributed by atoms with Crippen molar-refractivity contribution in [3.8, 4) is 5.69 Å². The maximum Gasteiger partial charge on any atom is 0.435 e. The van der Waals surface area contributed by atoms with Crippen molar-refractivity contribution < 1.29 is 13.2 Å². The minimum atomic E-state index is -4.57. The predicted octanol–water partition coefficient (Wildman–Crippen LogP) is 5.16. The van der Waals surface area contributed by atoms with E-state index in [1.807, 2.05) is 0 Å². The van der Waals surface area contributed by atoms with E-state index in [1.165, 1.54) is 25.1 Å². The molecule has 1 heterocycles. The van der Waals surface area contributed by atoms with Gasteiger partial charge in [0.1, 0.15) is 5.15 Å². The molecule has 0 aliphatic carbocycles. The van der Waals surface area contributed by atoms with Gasteiger partial charge < -0.3 is 0 Å². The fraction of sp³-hybridized carbons (Fsp3) is 0.182. The first kappa shape index (κ1) is 14.5. The topological polar surface area (TPSA) is 17.8 Å². The summed E-state index contributed by atoms with van der Waals surface area (Å²) in [5.74, 6) is 0. The smallest absolute Gasteiger partial charge is 0.220 e. The van der Waals surface area contributed by atoms with Crippen molar-refractivity contribution in [2.45, 2.75) is 13.1 Å². The monoisotopic (exact) mass is 328 g/mol. The second-order valence-electron chi connectivity index (χ2n) is 3.77. The molecule has 0 aliphatic heterocycles. The molecule has 0 bridgehead atoms. The van der Waals surface area contributed by atoms with E-state index < -0.39 is 11.9 Å². The highest BCUT2D eigenvalue weighted by molar-refractivity contribution is 6.36. The number of rotatable bonds is 1. The molecule has 0 radical (unpaired) electrons. The highest BCUT2D eigenvalue weighted by atomic mass is 35.5. The van der Waals surface area contributed by atoms with Crippen LogP contribution in [-0.2, 0) is 6.18 Å². The Kier molecular flexibility index (Phi) is 3.73. The summed E-state index contributed by atoms with van der Waals surface area (Å²) in [5.41, 5.74) is -0.960. The molecule has 0 fully saturated rings. The van der Waals surface area contributed by atoms with E-state index in [0.29, 0.717) is 5.02 Å². The molecule has 0 saturated heterocycles. The average Bonchev–Trinajstić information content (AvgIpc) is 2.56. The molecule has 0 unspecified atom stereocenters. The van der Waals surface area contributed by atoms with Gasteiger partial charge in [-0.2, -0.15) is 18.3 Å². The van der Waals surface area contributed by atoms with Gasteiger partial charge in [0, 0.05) is 10.6 Å². The third-order valence-electron chi connectivity index (χ3n) is 2.46. The maximum atomic E-state index is 12.7. The van der Waals surface area contributed by atoms with Crippen molar-refractivity contribution >= 4 is 34.8 Å². The zero-order valence-electron chi connectivity index (χ0n) is 9.39. The minimum Gasteiger partial charge on any atom is -0.220 e. The zero-order chi connectivity index (χ0) is 14.4. The summed E-state index contributed by atoms with van der Waals surface area (Å²) in [6.45, 7) is 1.25. The Bertz CT molecular complexity index is 635. The minimum absolute atomic E-state index is 0.142. The van der Waals surface area contributed by atoms with Gasteiger partial charge in [-0.15, -0.1) is 0 Å². The van der Waals surface area contributed by atoms with Crippen molar-refractivity contribution in [2.75, 3.05) is 0 Å². The number of nitrogens with zero attached hydrogens (tertiary/aromatic N) is 2. The largest absolute Gasteiger partial charge is 0.435 e. The standard InChI is InChI=1S/C11H6Cl3F3N2/c1-5-9(11(15,16)17)18-19(10(5)14)8-3-2-6(12)4-7(8)13/h2-4H,1H3. The van der Waals surface area contributed by atoms with Gasteiger partial charge >= 0.3 is 6.18 Å². The summed E-state index contributed by atoms with van der Waals surface area (Å²) in [6, 6.07) is 4.34. The molecule has 2 aromatic rings. The number of alkyl halides is 3. The maximum absolute atomic E-state index is 12.7. The van der Waals surface area contributed by atoms with Crippen LogP contribution in [0.4, 0.5) is 13.2 Å². The second kappa shape index (κ2) is 4.89. The molecule has 8 heteroatoms. The highest BCUT2D eigenvalue weighted by Gasteiger charge is 2.37. The van der Waals surface area contributed by atoms with Gasteiger partial charge in [0.05, 0.1) is 10.7 Å². The number of halogens is 6. The van der Waals surface area contributed by atoms with Gasteiger partial charge in [0.25, 0.3) is 0 Å². The van der Waals surface area contributed by atoms with Crippen LogP contribution in [0.1, 0.15) is 11.3 Å². The SMILES string of the molecule is Cc1c(C(F)(F)F)nn(-c2ccc(Cl)cc2Cl)c1Cl. The molecular formula is C11H6Cl3F3N2. The normalized spacial score (nSPS) is 11.9. The van der Waals surface area contributed by atoms with Crippen molar-refractivity contribution in [3.63, 3.8) is 0 Å². The van der Waals surface area contributed by atoms with Crippen molar-refractivity contribution in [1.82, 2.24) is 9.78 Å². The van der Waals surface area contributed by atoms with Crippen LogP contribution in [0.25, 0.3) is 5.69 Å². The highest BCUT2D eigenvalue weighted by Crippen LogP contribution is 2.36. The number of hydrogen-bond donors (Lipinski definition) is 0. The van der Waals surface area contributed by atoms with E-state index >= 15 is 0 Å². The summed E-state index contributed by atoms with van der Waals surface area (Å²) >= 11 is 17.5. The Morgan fingerprint density at radius 1 is 1.16 bits per heavy atom. The molecule has 0 atom stereocenters. The summed E-state index contributed by atoms with van der Waals surface area (Å²) in [7, 11) is 0. The van der Waals surface area contributed by atoms with E-state index in [1.54, 1.807) is 0 Å². The van der Waals surface area contributed by atoms with E-state index in [2.05, 4.69) is 5.10 Å². The first-order valence-corrected chi connectivity index (χ1v) is 6.13. The molecule has 0 amide bonds. The van der Waals surface area contributed by atoms with Crippen LogP contribution in [0.5, 0.6) is 0 Å². The Labute approximate surface area is 121 Å². The predicted molar refractivity (Wildman–Crippen MR) is 68.3 cm³/mol. The third-order valence-corrected chi connectivity index (χ3v) is 3.44. The van der Waals surface area contributed by atoms with Crippen LogP contribution in [-0.4, -0.2) is 9.78 Å². The molecule has 0 aliphatic rings. The molecule has 0 spiro atoms. The molecule has 1 aromatic heterocycles. The molecule has 1 aromatic carbocycles. The first-order valence-electron chi connectivity index (χ1n) is 4.99. The van der Waals surface area contributed by atoms with Crippen LogP contribution in [0.2, 0.25) is 15.2 Å². The van der Waals surface area contributed by atoms with Crippen LogP contribution in [0.3, 0.4) is 0 Å². The summed E-state index contributed by atoms with van der Waals surface area (Å²) < 4.78 is 39.1. The van der Waals surface area contributed by atoms with Gasteiger partial charge in [-0.05, 0) is 25.1 Å². The molecule has 102 valence electrons. The lowest BCUT2D eigenvalue weighted by Crippen LogP contribution is -2.08. The van der Waals surface area contributed by atoms with E-state index in [9.17, 15) is 13.2 Å². The molecule has 2 nitrogen and oxygen atoms in total. The fourth-order valence-electron chi connectivity index (χ4n) is 1.56. The van der Waals surface area contributed by atoms with Crippen molar-refractivity contribution in [3.05, 3.63) is 44.7 Å². The van der Waals surface area contributed by atoms with Crippen LogP contribution in [0, 0.1) is 6.92 Å². The summed E-state index contributed by atoms with van der Waals surface area (Å²) in [5, 5.41) is 3.85. The van der Waals surface area contributed by atoms with Crippen LogP contribution >= 0.6 is 34.8 Å². The number of aromatic nitrogens is 2. The number of benzene rings is 1. The fourth-order valence-corrected chi connectivity index (χ4v) is 2.26. The van der Waals surface area contributed by atoms with Crippen molar-refractivity contribution in [1.29, 1.82) is 0 Å². The third kappa shape index (κ3) is 2.68. The van der Waals surface area contributed by atoms with Gasteiger partial charge in [0.15, 0.2) is 5.69 Å². The lowest BCUT2D eigenvalue weighted by Gasteiger charge is -2.06. The van der Waals surface area contributed by atoms with E-state index in [4.69, 9.17) is 34.8 Å². The lowest BCUT2D eigenvalue weighted by atomic mass is 10.3. The first-order chi connectivity index (χ1) is 8.71. The van der Waals surface area contributed by atoms with Gasteiger partial charge in [-0.25, -0.2) is 4.68 Å². The molecule has 19 heavy (non-hydrogen) atoms. The Balaban J connectivity index is 2.64. The summed E-state index contributed by atoms with van der Waals surface area (Å²) in [4.78, 5) is 0. The van der Waals surface area contributed by atoms with Crippen LogP contribution < -0.4 is 0 Å². The quantitative estimate of drug-likeness (QED) is 0.706. The summed E-state index contributed by atoms with van der Waals surface area (Å²) in [6.07, 6.45) is -4.57. The van der Waals surface area contributed by atoms with E-state index in [-0.39, 0.29) is 21.4 Å². The van der Waals surface area contributed by atoms with Gasteiger partial charge in [-0.1, -0.05) is 34.8 Å². The molecule has 0 N–H and O–H groups in total. The molecular weight excluding hydrogens is 323 g/mol. The van der Waals surface area contributed by atoms with Gasteiger partial charge in [0.2, 0.25) is 0 Å². The van der Waals surface area contributed by atoms with Gasteiger partial charge in [-0.3, -0.25) is 0 Å². The molecule has 2 rings (SSSR count). The zero-order valence-corrected chi connectivity index (χ0v) is 11.7. The van der Waals surface area contributed by atoms with Crippen molar-refractivity contribution in [2.24, 2.45) is 0 Å². The van der Waals surface area contributed by atoms with E-state index in [0.717, 1.165) is 4.68 Å². The Morgan fingerprint density at radius 3 is 2.26 bits per heavy atom. The Morgan fingerprint density at radius 2 is 1.79 bits per heavy atom. The molecule has 0 saturated carbocycles. The Hall–Kier alpha value is -0.910.